The first-order valence-electron chi connectivity index (χ1n) is 10.9. The molecule has 0 amide bonds. The van der Waals surface area contributed by atoms with Gasteiger partial charge in [0.25, 0.3) is 0 Å². The van der Waals surface area contributed by atoms with Gasteiger partial charge in [0, 0.05) is 47.5 Å². The van der Waals surface area contributed by atoms with E-state index in [2.05, 4.69) is 9.98 Å². The van der Waals surface area contributed by atoms with Crippen LogP contribution in [0.1, 0.15) is 44.7 Å². The number of nitrogens with zero attached hydrogens (tertiary/aromatic N) is 2. The van der Waals surface area contributed by atoms with Crippen LogP contribution >= 0.6 is 0 Å². The molecule has 1 atom stereocenters. The molecule has 2 aromatic carbocycles. The van der Waals surface area contributed by atoms with Gasteiger partial charge in [0.05, 0.1) is 12.6 Å². The van der Waals surface area contributed by atoms with E-state index in [9.17, 15) is 19.8 Å². The summed E-state index contributed by atoms with van der Waals surface area (Å²) in [4.78, 5) is 33.2. The summed E-state index contributed by atoms with van der Waals surface area (Å²) in [5.41, 5.74) is 2.45. The maximum absolute atomic E-state index is 12.2. The quantitative estimate of drug-likeness (QED) is 0.241. The Hall–Kier alpha value is -3.42. The van der Waals surface area contributed by atoms with E-state index in [0.717, 1.165) is 17.4 Å². The van der Waals surface area contributed by atoms with Gasteiger partial charge >= 0.3 is 21.0 Å². The van der Waals surface area contributed by atoms with Crippen LogP contribution in [0.25, 0.3) is 11.5 Å². The van der Waals surface area contributed by atoms with Crippen LogP contribution in [0.4, 0.5) is 0 Å². The zero-order valence-electron chi connectivity index (χ0n) is 20.1. The fraction of sp³-hybridized carbons (Fsp3) is 0.259. The summed E-state index contributed by atoms with van der Waals surface area (Å²) in [6, 6.07) is 17.6. The fourth-order valence-electron chi connectivity index (χ4n) is 3.10. The van der Waals surface area contributed by atoms with Crippen molar-refractivity contribution in [3.8, 4) is 0 Å². The molecule has 0 spiro atoms. The van der Waals surface area contributed by atoms with Crippen molar-refractivity contribution in [2.75, 3.05) is 6.54 Å². The second-order valence-corrected chi connectivity index (χ2v) is 7.87. The summed E-state index contributed by atoms with van der Waals surface area (Å²) < 4.78 is 8.19. The van der Waals surface area contributed by atoms with Crippen LogP contribution in [0.5, 0.6) is 0 Å². The molecular weight excluding hydrogens is 483 g/mol. The number of aliphatic hydroxyl groups excluding tert-OH is 2. The third-order valence-corrected chi connectivity index (χ3v) is 4.66. The predicted octanol–water partition coefficient (Wildman–Crippen LogP) is 5.29. The molecule has 0 aliphatic rings. The number of allylic oxidation sites excluding steroid dienone is 2. The zero-order chi connectivity index (χ0) is 26.2. The molecule has 0 aromatic heterocycles. The second-order valence-electron chi connectivity index (χ2n) is 7.87. The number of hydrogen-bond acceptors (Lipinski definition) is 7. The molecule has 2 N–H and O–H groups in total. The molecule has 0 radical (unpaired) electrons. The van der Waals surface area contributed by atoms with E-state index >= 15 is 0 Å². The van der Waals surface area contributed by atoms with E-state index in [4.69, 9.17) is 3.67 Å². The SMILES string of the molecule is CC(CC(=O)/C=C(\O)c1ccccc1)=NC[C@H](C)N=C(C)CC(=O)/C=C(\O)c1ccccc1.[O]=[V]. The molecule has 0 fully saturated rings. The van der Waals surface area contributed by atoms with Gasteiger partial charge in [-0.15, -0.1) is 0 Å². The molecule has 2 aromatic rings. The predicted molar refractivity (Wildman–Crippen MR) is 135 cm³/mol. The van der Waals surface area contributed by atoms with Crippen molar-refractivity contribution >= 4 is 34.5 Å². The van der Waals surface area contributed by atoms with Crippen molar-refractivity contribution in [1.82, 2.24) is 0 Å². The van der Waals surface area contributed by atoms with E-state index in [1.165, 1.54) is 12.2 Å². The van der Waals surface area contributed by atoms with Crippen molar-refractivity contribution in [2.45, 2.75) is 39.7 Å². The van der Waals surface area contributed by atoms with E-state index in [1.807, 2.05) is 19.1 Å². The first kappa shape index (κ1) is 29.6. The van der Waals surface area contributed by atoms with Crippen molar-refractivity contribution in [1.29, 1.82) is 0 Å². The van der Waals surface area contributed by atoms with Gasteiger partial charge < -0.3 is 10.2 Å². The summed E-state index contributed by atoms with van der Waals surface area (Å²) in [5.74, 6) is -0.613. The molecule has 2 rings (SSSR count). The van der Waals surface area contributed by atoms with E-state index in [-0.39, 0.29) is 42.0 Å². The molecular formula is C27H30N2O5V. The second kappa shape index (κ2) is 16.3. The topological polar surface area (TPSA) is 116 Å². The van der Waals surface area contributed by atoms with Gasteiger partial charge in [0.2, 0.25) is 0 Å². The van der Waals surface area contributed by atoms with Gasteiger partial charge in [0.1, 0.15) is 11.5 Å². The summed E-state index contributed by atoms with van der Waals surface area (Å²) in [6.45, 7) is 5.78. The van der Waals surface area contributed by atoms with Crippen LogP contribution in [0, 0.1) is 0 Å². The average molecular weight is 513 g/mol. The van der Waals surface area contributed by atoms with Crippen LogP contribution in [-0.4, -0.2) is 45.8 Å². The Morgan fingerprint density at radius 2 is 1.20 bits per heavy atom. The molecule has 0 bridgehead atoms. The fourth-order valence-corrected chi connectivity index (χ4v) is 3.10. The molecule has 0 unspecified atom stereocenters. The summed E-state index contributed by atoms with van der Waals surface area (Å²) in [7, 11) is 0. The van der Waals surface area contributed by atoms with Crippen molar-refractivity contribution in [3.63, 3.8) is 0 Å². The summed E-state index contributed by atoms with van der Waals surface area (Å²) in [6.07, 6.45) is 2.63. The van der Waals surface area contributed by atoms with E-state index < -0.39 is 0 Å². The number of aliphatic imine (C=N–C) groups is 2. The van der Waals surface area contributed by atoms with E-state index in [1.54, 1.807) is 62.4 Å². The number of aliphatic hydroxyl groups is 2. The summed E-state index contributed by atoms with van der Waals surface area (Å²) in [5, 5.41) is 20.1. The Kier molecular flexibility index (Phi) is 13.8. The van der Waals surface area contributed by atoms with Crippen LogP contribution in [0.15, 0.2) is 82.8 Å². The van der Waals surface area contributed by atoms with Gasteiger partial charge in [-0.25, -0.2) is 0 Å². The monoisotopic (exact) mass is 513 g/mol. The van der Waals surface area contributed by atoms with E-state index in [0.29, 0.717) is 29.1 Å². The van der Waals surface area contributed by atoms with Gasteiger partial charge in [-0.2, -0.15) is 0 Å². The number of carbonyl (C=O) groups is 2. The van der Waals surface area contributed by atoms with Crippen LogP contribution in [-0.2, 0) is 30.6 Å². The number of rotatable bonds is 11. The Morgan fingerprint density at radius 1 is 0.800 bits per heavy atom. The third kappa shape index (κ3) is 12.0. The molecule has 35 heavy (non-hydrogen) atoms. The Bertz CT molecular complexity index is 1090. The number of benzene rings is 2. The molecule has 0 heterocycles. The minimum atomic E-state index is -0.236. The maximum atomic E-state index is 12.2. The normalized spacial score (nSPS) is 13.4. The Morgan fingerprint density at radius 3 is 1.63 bits per heavy atom. The minimum absolute atomic E-state index is 0.0704. The third-order valence-electron chi connectivity index (χ3n) is 4.66. The van der Waals surface area contributed by atoms with Crippen LogP contribution in [0.2, 0.25) is 0 Å². The molecule has 0 aliphatic heterocycles. The first-order chi connectivity index (χ1) is 16.7. The molecule has 183 valence electrons. The molecule has 7 nitrogen and oxygen atoms in total. The van der Waals surface area contributed by atoms with Gasteiger partial charge in [-0.1, -0.05) is 60.7 Å². The standard InChI is InChI=1S/C27H30N2O4.O.V/c1-19(14-24(30)16-26(32)22-10-6-4-7-11-22)28-18-21(3)29-20(2)15-25(31)17-27(33)23-12-8-5-9-13-23;;/h4-13,16-17,21,32-33H,14-15,18H2,1-3H3;;/b26-16-,27-17-,28-19?,29-20?;;/t21-;;/m0../s1. The average Bonchev–Trinajstić information content (AvgIpc) is 2.84. The Labute approximate surface area is 215 Å². The van der Waals surface area contributed by atoms with Crippen LogP contribution in [0.3, 0.4) is 0 Å². The van der Waals surface area contributed by atoms with Gasteiger partial charge in [-0.05, 0) is 20.8 Å². The zero-order valence-corrected chi connectivity index (χ0v) is 21.5. The van der Waals surface area contributed by atoms with Crippen molar-refractivity contribution in [3.05, 3.63) is 83.9 Å². The number of carbonyl (C=O) groups excluding carboxylic acids is 2. The number of ketones is 2. The van der Waals surface area contributed by atoms with Crippen molar-refractivity contribution < 1.29 is 40.8 Å². The van der Waals surface area contributed by atoms with Crippen molar-refractivity contribution in [2.24, 2.45) is 9.98 Å². The Balaban J connectivity index is 0.00000298. The first-order valence-corrected chi connectivity index (χ1v) is 11.5. The molecule has 8 heteroatoms. The molecule has 0 saturated carbocycles. The summed E-state index contributed by atoms with van der Waals surface area (Å²) >= 11 is 1.06. The van der Waals surface area contributed by atoms with Gasteiger partial charge in [-0.3, -0.25) is 19.6 Å². The van der Waals surface area contributed by atoms with Crippen LogP contribution < -0.4 is 0 Å². The molecule has 0 saturated heterocycles. The molecule has 0 aliphatic carbocycles. The van der Waals surface area contributed by atoms with Gasteiger partial charge in [0.15, 0.2) is 11.6 Å². The number of hydrogen-bond donors (Lipinski definition) is 2.